The van der Waals surface area contributed by atoms with Crippen LogP contribution in [0.5, 0.6) is 5.75 Å². The van der Waals surface area contributed by atoms with E-state index in [0.717, 1.165) is 0 Å². The molecule has 138 valence electrons. The number of hydrogen-bond acceptors (Lipinski definition) is 5. The third kappa shape index (κ3) is 4.71. The second-order valence-electron chi connectivity index (χ2n) is 5.63. The Labute approximate surface area is 160 Å². The van der Waals surface area contributed by atoms with Gasteiger partial charge in [0.15, 0.2) is 0 Å². The van der Waals surface area contributed by atoms with Gasteiger partial charge in [-0.2, -0.15) is 0 Å². The van der Waals surface area contributed by atoms with Crippen molar-refractivity contribution in [1.82, 2.24) is 9.97 Å². The second-order valence-corrected chi connectivity index (χ2v) is 6.03. The molecule has 27 heavy (non-hydrogen) atoms. The number of carbonyl (C=O) groups excluding carboxylic acids is 1. The van der Waals surface area contributed by atoms with Crippen molar-refractivity contribution in [3.63, 3.8) is 0 Å². The van der Waals surface area contributed by atoms with Gasteiger partial charge in [0.2, 0.25) is 0 Å². The number of benzene rings is 2. The number of halogens is 2. The Hall–Kier alpha value is -3.19. The Morgan fingerprint density at radius 1 is 1.11 bits per heavy atom. The Kier molecular flexibility index (Phi) is 5.52. The molecule has 0 bridgehead atoms. The number of carbonyl (C=O) groups is 1. The molecule has 0 radical (unpaired) electrons. The van der Waals surface area contributed by atoms with Gasteiger partial charge >= 0.3 is 0 Å². The topological polar surface area (TPSA) is 76.1 Å². The lowest BCUT2D eigenvalue weighted by Crippen LogP contribution is -2.15. The van der Waals surface area contributed by atoms with Crippen molar-refractivity contribution in [2.75, 3.05) is 17.7 Å². The van der Waals surface area contributed by atoms with E-state index in [9.17, 15) is 9.18 Å². The molecule has 2 N–H and O–H groups in total. The van der Waals surface area contributed by atoms with Gasteiger partial charge in [-0.1, -0.05) is 17.7 Å². The standard InChI is InChI=1S/C19H16ClFN4O2/c1-11-22-17(19(26)25-12-4-3-5-14(8-12)27-2)10-18(23-11)24-13-6-7-16(21)15(20)9-13/h3-10H,1-2H3,(H,25,26)(H,22,23,24). The number of aryl methyl sites for hydroxylation is 1. The molecule has 0 saturated heterocycles. The molecular weight excluding hydrogens is 371 g/mol. The van der Waals surface area contributed by atoms with Gasteiger partial charge in [-0.05, 0) is 37.3 Å². The first-order chi connectivity index (χ1) is 12.9. The lowest BCUT2D eigenvalue weighted by Gasteiger charge is -2.10. The van der Waals surface area contributed by atoms with Gasteiger partial charge in [0, 0.05) is 23.5 Å². The van der Waals surface area contributed by atoms with E-state index in [-0.39, 0.29) is 10.7 Å². The zero-order valence-electron chi connectivity index (χ0n) is 14.6. The molecule has 8 heteroatoms. The molecule has 1 amide bonds. The highest BCUT2D eigenvalue weighted by Crippen LogP contribution is 2.23. The highest BCUT2D eigenvalue weighted by molar-refractivity contribution is 6.31. The number of aromatic nitrogens is 2. The highest BCUT2D eigenvalue weighted by atomic mass is 35.5. The highest BCUT2D eigenvalue weighted by Gasteiger charge is 2.12. The van der Waals surface area contributed by atoms with Crippen molar-refractivity contribution in [2.45, 2.75) is 6.92 Å². The van der Waals surface area contributed by atoms with Crippen LogP contribution in [0.4, 0.5) is 21.6 Å². The van der Waals surface area contributed by atoms with E-state index in [1.54, 1.807) is 38.3 Å². The third-order valence-electron chi connectivity index (χ3n) is 3.59. The summed E-state index contributed by atoms with van der Waals surface area (Å²) < 4.78 is 18.4. The minimum Gasteiger partial charge on any atom is -0.497 e. The summed E-state index contributed by atoms with van der Waals surface area (Å²) in [6.07, 6.45) is 0. The van der Waals surface area contributed by atoms with Crippen LogP contribution in [0.2, 0.25) is 5.02 Å². The Morgan fingerprint density at radius 3 is 2.67 bits per heavy atom. The number of nitrogens with zero attached hydrogens (tertiary/aromatic N) is 2. The van der Waals surface area contributed by atoms with Crippen LogP contribution in [0.25, 0.3) is 0 Å². The van der Waals surface area contributed by atoms with Crippen molar-refractivity contribution in [3.05, 3.63) is 70.9 Å². The van der Waals surface area contributed by atoms with Crippen LogP contribution in [0.3, 0.4) is 0 Å². The van der Waals surface area contributed by atoms with Crippen LogP contribution >= 0.6 is 11.6 Å². The predicted molar refractivity (Wildman–Crippen MR) is 102 cm³/mol. The maximum atomic E-state index is 13.3. The van der Waals surface area contributed by atoms with Crippen molar-refractivity contribution >= 4 is 34.7 Å². The molecule has 0 atom stereocenters. The molecule has 0 aliphatic heterocycles. The molecule has 0 spiro atoms. The first-order valence-corrected chi connectivity index (χ1v) is 8.35. The van der Waals surface area contributed by atoms with Gasteiger partial charge in [-0.15, -0.1) is 0 Å². The SMILES string of the molecule is COc1cccc(NC(=O)c2cc(Nc3ccc(F)c(Cl)c3)nc(C)n2)c1. The fraction of sp³-hybridized carbons (Fsp3) is 0.105. The normalized spacial score (nSPS) is 10.4. The molecular formula is C19H16ClFN4O2. The summed E-state index contributed by atoms with van der Waals surface area (Å²) in [6.45, 7) is 1.67. The summed E-state index contributed by atoms with van der Waals surface area (Å²) in [4.78, 5) is 20.9. The van der Waals surface area contributed by atoms with E-state index in [0.29, 0.717) is 28.8 Å². The van der Waals surface area contributed by atoms with E-state index in [4.69, 9.17) is 16.3 Å². The first kappa shape index (κ1) is 18.6. The summed E-state index contributed by atoms with van der Waals surface area (Å²) in [5.41, 5.74) is 1.30. The van der Waals surface area contributed by atoms with Gasteiger partial charge in [0.1, 0.15) is 28.9 Å². The quantitative estimate of drug-likeness (QED) is 0.671. The smallest absolute Gasteiger partial charge is 0.274 e. The molecule has 3 aromatic rings. The predicted octanol–water partition coefficient (Wildman–Crippen LogP) is 4.58. The van der Waals surface area contributed by atoms with Gasteiger partial charge in [-0.25, -0.2) is 14.4 Å². The largest absolute Gasteiger partial charge is 0.497 e. The van der Waals surface area contributed by atoms with Crippen molar-refractivity contribution in [3.8, 4) is 5.75 Å². The number of amides is 1. The average molecular weight is 387 g/mol. The van der Waals surface area contributed by atoms with Crippen LogP contribution < -0.4 is 15.4 Å². The number of anilines is 3. The van der Waals surface area contributed by atoms with Gasteiger partial charge in [-0.3, -0.25) is 4.79 Å². The van der Waals surface area contributed by atoms with Crippen LogP contribution in [0.15, 0.2) is 48.5 Å². The lowest BCUT2D eigenvalue weighted by molar-refractivity contribution is 0.102. The van der Waals surface area contributed by atoms with Gasteiger partial charge in [0.25, 0.3) is 5.91 Å². The summed E-state index contributed by atoms with van der Waals surface area (Å²) in [5.74, 6) is 0.514. The number of rotatable bonds is 5. The van der Waals surface area contributed by atoms with Crippen LogP contribution in [-0.4, -0.2) is 23.0 Å². The molecule has 3 rings (SSSR count). The summed E-state index contributed by atoms with van der Waals surface area (Å²) in [7, 11) is 1.55. The lowest BCUT2D eigenvalue weighted by atomic mass is 10.2. The van der Waals surface area contributed by atoms with Crippen molar-refractivity contribution < 1.29 is 13.9 Å². The van der Waals surface area contributed by atoms with Crippen LogP contribution in [-0.2, 0) is 0 Å². The molecule has 0 fully saturated rings. The molecule has 0 aliphatic carbocycles. The maximum absolute atomic E-state index is 13.3. The molecule has 0 saturated carbocycles. The average Bonchev–Trinajstić information content (AvgIpc) is 2.64. The second kappa shape index (κ2) is 8.01. The van der Waals surface area contributed by atoms with Crippen LogP contribution in [0.1, 0.15) is 16.3 Å². The molecule has 1 aromatic heterocycles. The molecule has 0 unspecified atom stereocenters. The monoisotopic (exact) mass is 386 g/mol. The van der Waals surface area contributed by atoms with E-state index in [2.05, 4.69) is 20.6 Å². The Bertz CT molecular complexity index is 997. The Morgan fingerprint density at radius 2 is 1.93 bits per heavy atom. The van der Waals surface area contributed by atoms with Gasteiger partial charge < -0.3 is 15.4 Å². The summed E-state index contributed by atoms with van der Waals surface area (Å²) in [5, 5.41) is 5.74. The first-order valence-electron chi connectivity index (χ1n) is 7.98. The number of nitrogens with one attached hydrogen (secondary N) is 2. The minimum absolute atomic E-state index is 0.0123. The molecule has 1 heterocycles. The van der Waals surface area contributed by atoms with Crippen LogP contribution in [0, 0.1) is 12.7 Å². The Balaban J connectivity index is 1.81. The molecule has 2 aromatic carbocycles. The number of ether oxygens (including phenoxy) is 1. The number of methoxy groups -OCH3 is 1. The minimum atomic E-state index is -0.514. The van der Waals surface area contributed by atoms with E-state index < -0.39 is 11.7 Å². The fourth-order valence-corrected chi connectivity index (χ4v) is 2.55. The van der Waals surface area contributed by atoms with E-state index in [1.807, 2.05) is 0 Å². The molecule has 0 aliphatic rings. The van der Waals surface area contributed by atoms with Crippen molar-refractivity contribution in [2.24, 2.45) is 0 Å². The van der Waals surface area contributed by atoms with Gasteiger partial charge in [0.05, 0.1) is 12.1 Å². The maximum Gasteiger partial charge on any atom is 0.274 e. The summed E-state index contributed by atoms with van der Waals surface area (Å²) in [6, 6.07) is 12.7. The number of hydrogen-bond donors (Lipinski definition) is 2. The van der Waals surface area contributed by atoms with Crippen molar-refractivity contribution in [1.29, 1.82) is 0 Å². The zero-order chi connectivity index (χ0) is 19.4. The fourth-order valence-electron chi connectivity index (χ4n) is 2.37. The molecule has 6 nitrogen and oxygen atoms in total. The zero-order valence-corrected chi connectivity index (χ0v) is 15.3. The van der Waals surface area contributed by atoms with E-state index >= 15 is 0 Å². The third-order valence-corrected chi connectivity index (χ3v) is 3.88. The van der Waals surface area contributed by atoms with E-state index in [1.165, 1.54) is 24.3 Å². The summed E-state index contributed by atoms with van der Waals surface area (Å²) >= 11 is 5.79.